The Labute approximate surface area is 94.7 Å². The van der Waals surface area contributed by atoms with Crippen LogP contribution < -0.4 is 5.32 Å². The third kappa shape index (κ3) is 2.67. The monoisotopic (exact) mass is 223 g/mol. The van der Waals surface area contributed by atoms with E-state index in [2.05, 4.69) is 5.32 Å². The van der Waals surface area contributed by atoms with Crippen molar-refractivity contribution in [3.63, 3.8) is 0 Å². The Morgan fingerprint density at radius 3 is 2.87 bits per heavy atom. The number of carbonyl (C=O) groups is 1. The summed E-state index contributed by atoms with van der Waals surface area (Å²) in [5.74, 6) is 0.245. The molecule has 3 heteroatoms. The van der Waals surface area contributed by atoms with Gasteiger partial charge in [0.25, 0.3) is 0 Å². The van der Waals surface area contributed by atoms with Gasteiger partial charge in [-0.15, -0.1) is 11.3 Å². The molecule has 0 atom stereocenters. The maximum absolute atomic E-state index is 11.8. The fourth-order valence-corrected chi connectivity index (χ4v) is 2.97. The SMILES string of the molecule is Cc1ccsc1C(=O)CNC1CCCC1. The number of ketones is 1. The Hall–Kier alpha value is -0.670. The van der Waals surface area contributed by atoms with Crippen LogP contribution in [0.3, 0.4) is 0 Å². The van der Waals surface area contributed by atoms with Crippen molar-refractivity contribution in [3.8, 4) is 0 Å². The number of nitrogens with one attached hydrogen (secondary N) is 1. The lowest BCUT2D eigenvalue weighted by molar-refractivity contribution is 0.0990. The average molecular weight is 223 g/mol. The van der Waals surface area contributed by atoms with Crippen molar-refractivity contribution in [3.05, 3.63) is 21.9 Å². The molecular formula is C12H17NOS. The summed E-state index contributed by atoms with van der Waals surface area (Å²) in [4.78, 5) is 12.7. The second-order valence-corrected chi connectivity index (χ2v) is 5.13. The predicted octanol–water partition coefficient (Wildman–Crippen LogP) is 2.77. The van der Waals surface area contributed by atoms with Crippen LogP contribution in [0.2, 0.25) is 0 Å². The molecular weight excluding hydrogens is 206 g/mol. The van der Waals surface area contributed by atoms with Crippen LogP contribution in [0.5, 0.6) is 0 Å². The van der Waals surface area contributed by atoms with E-state index in [0.717, 1.165) is 10.4 Å². The highest BCUT2D eigenvalue weighted by atomic mass is 32.1. The molecule has 0 spiro atoms. The first kappa shape index (κ1) is 10.8. The summed E-state index contributed by atoms with van der Waals surface area (Å²) in [7, 11) is 0. The summed E-state index contributed by atoms with van der Waals surface area (Å²) < 4.78 is 0. The lowest BCUT2D eigenvalue weighted by Gasteiger charge is -2.10. The van der Waals surface area contributed by atoms with Crippen molar-refractivity contribution in [2.45, 2.75) is 38.6 Å². The average Bonchev–Trinajstić information content (AvgIpc) is 2.84. The minimum atomic E-state index is 0.245. The topological polar surface area (TPSA) is 29.1 Å². The van der Waals surface area contributed by atoms with Gasteiger partial charge < -0.3 is 5.32 Å². The van der Waals surface area contributed by atoms with Gasteiger partial charge in [0.2, 0.25) is 0 Å². The van der Waals surface area contributed by atoms with Crippen LogP contribution in [0.15, 0.2) is 11.4 Å². The number of hydrogen-bond acceptors (Lipinski definition) is 3. The van der Waals surface area contributed by atoms with Gasteiger partial charge in [-0.1, -0.05) is 12.8 Å². The Morgan fingerprint density at radius 2 is 2.27 bits per heavy atom. The molecule has 0 aromatic carbocycles. The molecule has 0 saturated heterocycles. The summed E-state index contributed by atoms with van der Waals surface area (Å²) in [6.07, 6.45) is 5.08. The first-order chi connectivity index (χ1) is 7.27. The minimum Gasteiger partial charge on any atom is -0.307 e. The second-order valence-electron chi connectivity index (χ2n) is 4.22. The fraction of sp³-hybridized carbons (Fsp3) is 0.583. The summed E-state index contributed by atoms with van der Waals surface area (Å²) in [5.41, 5.74) is 1.11. The molecule has 1 aliphatic carbocycles. The molecule has 0 aliphatic heterocycles. The smallest absolute Gasteiger partial charge is 0.186 e. The molecule has 0 bridgehead atoms. The highest BCUT2D eigenvalue weighted by molar-refractivity contribution is 7.12. The quantitative estimate of drug-likeness (QED) is 0.795. The molecule has 1 heterocycles. The number of Topliss-reactive ketones (excluding diaryl/α,β-unsaturated/α-hetero) is 1. The Kier molecular flexibility index (Phi) is 3.54. The first-order valence-electron chi connectivity index (χ1n) is 5.58. The third-order valence-corrected chi connectivity index (χ3v) is 4.08. The zero-order valence-electron chi connectivity index (χ0n) is 9.08. The summed E-state index contributed by atoms with van der Waals surface area (Å²) in [6.45, 7) is 2.51. The Morgan fingerprint density at radius 1 is 1.53 bits per heavy atom. The first-order valence-corrected chi connectivity index (χ1v) is 6.46. The molecule has 1 fully saturated rings. The van der Waals surface area contributed by atoms with Crippen molar-refractivity contribution < 1.29 is 4.79 Å². The van der Waals surface area contributed by atoms with Crippen LogP contribution >= 0.6 is 11.3 Å². The van der Waals surface area contributed by atoms with E-state index in [1.54, 1.807) is 11.3 Å². The molecule has 1 aliphatic rings. The molecule has 1 N–H and O–H groups in total. The van der Waals surface area contributed by atoms with Gasteiger partial charge in [-0.3, -0.25) is 4.79 Å². The standard InChI is InChI=1S/C12H17NOS/c1-9-6-7-15-12(9)11(14)8-13-10-4-2-3-5-10/h6-7,10,13H,2-5,8H2,1H3. The lowest BCUT2D eigenvalue weighted by Crippen LogP contribution is -2.31. The van der Waals surface area contributed by atoms with E-state index < -0.39 is 0 Å². The van der Waals surface area contributed by atoms with Crippen LogP contribution in [-0.2, 0) is 0 Å². The van der Waals surface area contributed by atoms with Crippen LogP contribution in [0.25, 0.3) is 0 Å². The highest BCUT2D eigenvalue weighted by Gasteiger charge is 2.16. The molecule has 1 aromatic rings. The Balaban J connectivity index is 1.84. The predicted molar refractivity (Wildman–Crippen MR) is 63.6 cm³/mol. The van der Waals surface area contributed by atoms with Gasteiger partial charge in [0.05, 0.1) is 11.4 Å². The van der Waals surface area contributed by atoms with Gasteiger partial charge in [0, 0.05) is 6.04 Å². The molecule has 1 saturated carbocycles. The molecule has 1 aromatic heterocycles. The Bertz CT molecular complexity index is 339. The summed E-state index contributed by atoms with van der Waals surface area (Å²) in [5, 5.41) is 5.34. The van der Waals surface area contributed by atoms with E-state index in [9.17, 15) is 4.79 Å². The van der Waals surface area contributed by atoms with Crippen LogP contribution in [0, 0.1) is 6.92 Å². The van der Waals surface area contributed by atoms with Gasteiger partial charge in [-0.2, -0.15) is 0 Å². The van der Waals surface area contributed by atoms with E-state index in [-0.39, 0.29) is 5.78 Å². The van der Waals surface area contributed by atoms with Gasteiger partial charge in [-0.25, -0.2) is 0 Å². The fourth-order valence-electron chi connectivity index (χ4n) is 2.11. The van der Waals surface area contributed by atoms with Crippen molar-refractivity contribution in [1.82, 2.24) is 5.32 Å². The maximum atomic E-state index is 11.8. The van der Waals surface area contributed by atoms with Crippen molar-refractivity contribution in [1.29, 1.82) is 0 Å². The molecule has 2 rings (SSSR count). The van der Waals surface area contributed by atoms with E-state index >= 15 is 0 Å². The van der Waals surface area contributed by atoms with Crippen molar-refractivity contribution in [2.75, 3.05) is 6.54 Å². The highest BCUT2D eigenvalue weighted by Crippen LogP contribution is 2.19. The second kappa shape index (κ2) is 4.90. The largest absolute Gasteiger partial charge is 0.307 e. The lowest BCUT2D eigenvalue weighted by atomic mass is 10.2. The summed E-state index contributed by atoms with van der Waals surface area (Å²) in [6, 6.07) is 2.59. The van der Waals surface area contributed by atoms with Crippen LogP contribution in [0.1, 0.15) is 40.9 Å². The molecule has 0 radical (unpaired) electrons. The number of hydrogen-bond donors (Lipinski definition) is 1. The molecule has 2 nitrogen and oxygen atoms in total. The van der Waals surface area contributed by atoms with Gasteiger partial charge in [0.15, 0.2) is 5.78 Å². The number of aryl methyl sites for hydroxylation is 1. The van der Waals surface area contributed by atoms with Gasteiger partial charge in [0.1, 0.15) is 0 Å². The van der Waals surface area contributed by atoms with E-state index in [1.165, 1.54) is 25.7 Å². The van der Waals surface area contributed by atoms with Gasteiger partial charge >= 0.3 is 0 Å². The minimum absolute atomic E-state index is 0.245. The zero-order valence-corrected chi connectivity index (χ0v) is 9.90. The molecule has 0 unspecified atom stereocenters. The summed E-state index contributed by atoms with van der Waals surface area (Å²) >= 11 is 1.55. The number of thiophene rings is 1. The van der Waals surface area contributed by atoms with Crippen molar-refractivity contribution >= 4 is 17.1 Å². The zero-order chi connectivity index (χ0) is 10.7. The van der Waals surface area contributed by atoms with Crippen molar-refractivity contribution in [2.24, 2.45) is 0 Å². The van der Waals surface area contributed by atoms with Crippen LogP contribution in [-0.4, -0.2) is 18.4 Å². The number of carbonyl (C=O) groups excluding carboxylic acids is 1. The third-order valence-electron chi connectivity index (χ3n) is 3.02. The maximum Gasteiger partial charge on any atom is 0.186 e. The van der Waals surface area contributed by atoms with E-state index in [1.807, 2.05) is 18.4 Å². The molecule has 82 valence electrons. The molecule has 15 heavy (non-hydrogen) atoms. The van der Waals surface area contributed by atoms with E-state index in [0.29, 0.717) is 12.6 Å². The van der Waals surface area contributed by atoms with E-state index in [4.69, 9.17) is 0 Å². The van der Waals surface area contributed by atoms with Gasteiger partial charge in [-0.05, 0) is 36.8 Å². The van der Waals surface area contributed by atoms with Crippen LogP contribution in [0.4, 0.5) is 0 Å². The normalized spacial score (nSPS) is 17.1. The number of rotatable bonds is 4. The molecule has 0 amide bonds.